The lowest BCUT2D eigenvalue weighted by atomic mass is 10.2. The molecule has 6 heteroatoms. The van der Waals surface area contributed by atoms with Crippen molar-refractivity contribution in [2.75, 3.05) is 0 Å². The molecule has 0 saturated heterocycles. The topological polar surface area (TPSA) is 72.5 Å². The first kappa shape index (κ1) is 19.0. The second-order valence-corrected chi connectivity index (χ2v) is 8.69. The van der Waals surface area contributed by atoms with Gasteiger partial charge in [-0.1, -0.05) is 30.3 Å². The summed E-state index contributed by atoms with van der Waals surface area (Å²) in [6.45, 7) is 7.40. The fourth-order valence-corrected chi connectivity index (χ4v) is 3.76. The predicted molar refractivity (Wildman–Crippen MR) is 96.1 cm³/mol. The molecule has 0 bridgehead atoms. The van der Waals surface area contributed by atoms with E-state index in [0.717, 1.165) is 5.56 Å². The Hall–Kier alpha value is -2.34. The minimum atomic E-state index is -3.55. The third-order valence-corrected chi connectivity index (χ3v) is 5.38. The van der Waals surface area contributed by atoms with Gasteiger partial charge in [-0.15, -0.1) is 0 Å². The predicted octanol–water partition coefficient (Wildman–Crippen LogP) is 3.85. The van der Waals surface area contributed by atoms with Crippen molar-refractivity contribution in [2.24, 2.45) is 0 Å². The summed E-state index contributed by atoms with van der Waals surface area (Å²) in [5.41, 5.74) is 0.933. The zero-order valence-electron chi connectivity index (χ0n) is 14.9. The largest absolute Gasteiger partial charge is 0.444 e. The van der Waals surface area contributed by atoms with E-state index in [1.165, 1.54) is 0 Å². The minimum absolute atomic E-state index is 0.225. The van der Waals surface area contributed by atoms with Gasteiger partial charge in [0.15, 0.2) is 0 Å². The normalized spacial score (nSPS) is 11.8. The number of rotatable bonds is 4. The van der Waals surface area contributed by atoms with Gasteiger partial charge in [0.25, 0.3) is 0 Å². The molecule has 2 aromatic rings. The SMILES string of the molecule is Cc1ccccc1S(=O)(=O)c1ccc(CNC(=O)OC(C)(C)C)cc1. The number of carbonyl (C=O) groups is 1. The van der Waals surface area contributed by atoms with Crippen LogP contribution in [-0.2, 0) is 21.1 Å². The highest BCUT2D eigenvalue weighted by Crippen LogP contribution is 2.23. The van der Waals surface area contributed by atoms with Gasteiger partial charge < -0.3 is 10.1 Å². The molecule has 0 saturated carbocycles. The van der Waals surface area contributed by atoms with Crippen LogP contribution in [-0.4, -0.2) is 20.1 Å². The molecule has 0 aliphatic carbocycles. The van der Waals surface area contributed by atoms with Gasteiger partial charge in [-0.3, -0.25) is 0 Å². The van der Waals surface area contributed by atoms with E-state index in [9.17, 15) is 13.2 Å². The van der Waals surface area contributed by atoms with Crippen molar-refractivity contribution >= 4 is 15.9 Å². The molecule has 0 aliphatic heterocycles. The lowest BCUT2D eigenvalue weighted by Crippen LogP contribution is -2.32. The van der Waals surface area contributed by atoms with E-state index in [2.05, 4.69) is 5.32 Å². The molecule has 1 N–H and O–H groups in total. The van der Waals surface area contributed by atoms with E-state index in [4.69, 9.17) is 4.74 Å². The van der Waals surface area contributed by atoms with Gasteiger partial charge in [0.2, 0.25) is 9.84 Å². The number of hydrogen-bond acceptors (Lipinski definition) is 4. The second-order valence-electron chi connectivity index (χ2n) is 6.77. The Morgan fingerprint density at radius 2 is 1.64 bits per heavy atom. The van der Waals surface area contributed by atoms with Gasteiger partial charge in [0, 0.05) is 6.54 Å². The van der Waals surface area contributed by atoms with Crippen LogP contribution >= 0.6 is 0 Å². The number of nitrogens with one attached hydrogen (secondary N) is 1. The Labute approximate surface area is 148 Å². The summed E-state index contributed by atoms with van der Waals surface area (Å²) in [6, 6.07) is 13.3. The Morgan fingerprint density at radius 3 is 2.20 bits per heavy atom. The summed E-state index contributed by atoms with van der Waals surface area (Å²) in [5, 5.41) is 2.64. The van der Waals surface area contributed by atoms with E-state index >= 15 is 0 Å². The molecule has 2 rings (SSSR count). The van der Waals surface area contributed by atoms with Gasteiger partial charge in [0.05, 0.1) is 9.79 Å². The fraction of sp³-hybridized carbons (Fsp3) is 0.316. The molecule has 5 nitrogen and oxygen atoms in total. The smallest absolute Gasteiger partial charge is 0.407 e. The van der Waals surface area contributed by atoms with Crippen LogP contribution in [0.4, 0.5) is 4.79 Å². The highest BCUT2D eigenvalue weighted by Gasteiger charge is 2.19. The average Bonchev–Trinajstić information content (AvgIpc) is 2.52. The van der Waals surface area contributed by atoms with Gasteiger partial charge >= 0.3 is 6.09 Å². The van der Waals surface area contributed by atoms with Crippen molar-refractivity contribution in [2.45, 2.75) is 49.6 Å². The first-order valence-corrected chi connectivity index (χ1v) is 9.44. The number of hydrogen-bond donors (Lipinski definition) is 1. The number of ether oxygens (including phenoxy) is 1. The summed E-state index contributed by atoms with van der Waals surface area (Å²) < 4.78 is 30.6. The number of amides is 1. The van der Waals surface area contributed by atoms with Crippen molar-refractivity contribution in [3.8, 4) is 0 Å². The number of benzene rings is 2. The minimum Gasteiger partial charge on any atom is -0.444 e. The van der Waals surface area contributed by atoms with Crippen LogP contribution in [0.1, 0.15) is 31.9 Å². The van der Waals surface area contributed by atoms with E-state index in [1.54, 1.807) is 76.2 Å². The van der Waals surface area contributed by atoms with Gasteiger partial charge in [-0.25, -0.2) is 13.2 Å². The van der Waals surface area contributed by atoms with Gasteiger partial charge in [-0.05, 0) is 57.0 Å². The Balaban J connectivity index is 2.10. The molecule has 0 aliphatic rings. The van der Waals surface area contributed by atoms with Crippen molar-refractivity contribution in [1.29, 1.82) is 0 Å². The monoisotopic (exact) mass is 361 g/mol. The average molecular weight is 361 g/mol. The molecule has 0 radical (unpaired) electrons. The quantitative estimate of drug-likeness (QED) is 0.898. The Bertz CT molecular complexity index is 850. The number of aryl methyl sites for hydroxylation is 1. The van der Waals surface area contributed by atoms with E-state index in [1.807, 2.05) is 0 Å². The van der Waals surface area contributed by atoms with Crippen LogP contribution < -0.4 is 5.32 Å². The molecule has 0 spiro atoms. The molecule has 0 heterocycles. The summed E-state index contributed by atoms with van der Waals surface area (Å²) in [4.78, 5) is 12.2. The van der Waals surface area contributed by atoms with Crippen LogP contribution in [0.2, 0.25) is 0 Å². The van der Waals surface area contributed by atoms with Gasteiger partial charge in [-0.2, -0.15) is 0 Å². The second kappa shape index (κ2) is 7.27. The molecule has 134 valence electrons. The maximum absolute atomic E-state index is 12.7. The molecular weight excluding hydrogens is 338 g/mol. The molecule has 0 aromatic heterocycles. The molecule has 0 unspecified atom stereocenters. The maximum atomic E-state index is 12.7. The fourth-order valence-electron chi connectivity index (χ4n) is 2.26. The van der Waals surface area contributed by atoms with Crippen molar-refractivity contribution in [3.05, 3.63) is 59.7 Å². The van der Waals surface area contributed by atoms with Crippen LogP contribution in [0.15, 0.2) is 58.3 Å². The summed E-state index contributed by atoms with van der Waals surface area (Å²) in [7, 11) is -3.55. The van der Waals surface area contributed by atoms with Crippen LogP contribution in [0.3, 0.4) is 0 Å². The Morgan fingerprint density at radius 1 is 1.04 bits per heavy atom. The number of sulfone groups is 1. The first-order valence-electron chi connectivity index (χ1n) is 7.96. The zero-order chi connectivity index (χ0) is 18.7. The zero-order valence-corrected chi connectivity index (χ0v) is 15.7. The van der Waals surface area contributed by atoms with Gasteiger partial charge in [0.1, 0.15) is 5.60 Å². The third-order valence-electron chi connectivity index (χ3n) is 3.45. The molecule has 1 amide bonds. The van der Waals surface area contributed by atoms with Crippen LogP contribution in [0.5, 0.6) is 0 Å². The molecule has 2 aromatic carbocycles. The van der Waals surface area contributed by atoms with Crippen molar-refractivity contribution < 1.29 is 17.9 Å². The van der Waals surface area contributed by atoms with E-state index in [-0.39, 0.29) is 11.4 Å². The number of alkyl carbamates (subject to hydrolysis) is 1. The summed E-state index contributed by atoms with van der Waals surface area (Å²) in [6.07, 6.45) is -0.510. The maximum Gasteiger partial charge on any atom is 0.407 e. The van der Waals surface area contributed by atoms with Crippen molar-refractivity contribution in [3.63, 3.8) is 0 Å². The van der Waals surface area contributed by atoms with E-state index < -0.39 is 21.5 Å². The highest BCUT2D eigenvalue weighted by molar-refractivity contribution is 7.91. The number of carbonyl (C=O) groups excluding carboxylic acids is 1. The highest BCUT2D eigenvalue weighted by atomic mass is 32.2. The summed E-state index contributed by atoms with van der Waals surface area (Å²) >= 11 is 0. The molecule has 0 atom stereocenters. The Kier molecular flexibility index (Phi) is 5.52. The van der Waals surface area contributed by atoms with E-state index in [0.29, 0.717) is 10.5 Å². The van der Waals surface area contributed by atoms with Crippen LogP contribution in [0.25, 0.3) is 0 Å². The lowest BCUT2D eigenvalue weighted by Gasteiger charge is -2.19. The molecular formula is C19H23NO4S. The third kappa shape index (κ3) is 5.06. The molecule has 0 fully saturated rings. The van der Waals surface area contributed by atoms with Crippen molar-refractivity contribution in [1.82, 2.24) is 5.32 Å². The molecule has 25 heavy (non-hydrogen) atoms. The first-order chi connectivity index (χ1) is 11.6. The summed E-state index contributed by atoms with van der Waals surface area (Å²) in [5.74, 6) is 0. The standard InChI is InChI=1S/C19H23NO4S/c1-14-7-5-6-8-17(14)25(22,23)16-11-9-15(10-12-16)13-20-18(21)24-19(2,3)4/h5-12H,13H2,1-4H3,(H,20,21). The lowest BCUT2D eigenvalue weighted by molar-refractivity contribution is 0.0523. The van der Waals surface area contributed by atoms with Crippen LogP contribution in [0, 0.1) is 6.92 Å².